The lowest BCUT2D eigenvalue weighted by Crippen LogP contribution is -2.02. The van der Waals surface area contributed by atoms with E-state index in [0.717, 1.165) is 34.3 Å². The van der Waals surface area contributed by atoms with Crippen molar-refractivity contribution in [2.24, 2.45) is 0 Å². The van der Waals surface area contributed by atoms with Gasteiger partial charge >= 0.3 is 0 Å². The van der Waals surface area contributed by atoms with Crippen LogP contribution in [0, 0.1) is 5.82 Å². The van der Waals surface area contributed by atoms with Crippen LogP contribution in [0.2, 0.25) is 5.02 Å². The number of benzene rings is 1. The summed E-state index contributed by atoms with van der Waals surface area (Å²) in [6, 6.07) is 4.83. The van der Waals surface area contributed by atoms with Crippen LogP contribution in [0.15, 0.2) is 23.1 Å². The van der Waals surface area contributed by atoms with Gasteiger partial charge in [0.05, 0.1) is 22.1 Å². The number of thioether (sulfide) groups is 1. The van der Waals surface area contributed by atoms with Crippen LogP contribution in [0.5, 0.6) is 0 Å². The number of rotatable bonds is 5. The summed E-state index contributed by atoms with van der Waals surface area (Å²) in [6.07, 6.45) is 0.806. The number of aromatic nitrogens is 2. The Morgan fingerprint density at radius 2 is 2.15 bits per heavy atom. The molecule has 0 amide bonds. The van der Waals surface area contributed by atoms with E-state index < -0.39 is 0 Å². The van der Waals surface area contributed by atoms with Crippen molar-refractivity contribution in [1.29, 1.82) is 0 Å². The third kappa shape index (κ3) is 3.10. The summed E-state index contributed by atoms with van der Waals surface area (Å²) >= 11 is 7.86. The SMILES string of the molecule is CCc1nn(CC)c(CSc2ccc(N)c(F)c2)c1Cl. The second-order valence-electron chi connectivity index (χ2n) is 4.35. The third-order valence-electron chi connectivity index (χ3n) is 3.04. The van der Waals surface area contributed by atoms with Crippen molar-refractivity contribution in [3.05, 3.63) is 40.4 Å². The number of aryl methyl sites for hydroxylation is 2. The Bertz CT molecular complexity index is 613. The van der Waals surface area contributed by atoms with E-state index >= 15 is 0 Å². The molecule has 1 heterocycles. The average molecular weight is 314 g/mol. The van der Waals surface area contributed by atoms with E-state index in [9.17, 15) is 4.39 Å². The summed E-state index contributed by atoms with van der Waals surface area (Å²) < 4.78 is 15.3. The zero-order chi connectivity index (χ0) is 14.7. The summed E-state index contributed by atoms with van der Waals surface area (Å²) in [5.41, 5.74) is 7.52. The van der Waals surface area contributed by atoms with E-state index in [1.54, 1.807) is 6.07 Å². The molecular weight excluding hydrogens is 297 g/mol. The lowest BCUT2D eigenvalue weighted by Gasteiger charge is -2.06. The standard InChI is InChI=1S/C14H17ClFN3S/c1-3-12-14(15)13(19(4-2)18-12)8-20-9-5-6-11(17)10(16)7-9/h5-7H,3-4,8,17H2,1-2H3. The molecule has 2 rings (SSSR count). The Morgan fingerprint density at radius 3 is 2.75 bits per heavy atom. The molecule has 0 fully saturated rings. The molecule has 0 radical (unpaired) electrons. The van der Waals surface area contributed by atoms with Gasteiger partial charge in [0.25, 0.3) is 0 Å². The Kier molecular flexibility index (Phi) is 4.94. The summed E-state index contributed by atoms with van der Waals surface area (Å²) in [6.45, 7) is 4.83. The van der Waals surface area contributed by atoms with Crippen molar-refractivity contribution in [2.75, 3.05) is 5.73 Å². The van der Waals surface area contributed by atoms with Gasteiger partial charge in [-0.1, -0.05) is 18.5 Å². The molecule has 0 atom stereocenters. The number of nitrogens with zero attached hydrogens (tertiary/aromatic N) is 2. The molecule has 1 aromatic heterocycles. The maximum absolute atomic E-state index is 13.4. The predicted octanol–water partition coefficient (Wildman–Crippen LogP) is 4.13. The fourth-order valence-electron chi connectivity index (χ4n) is 1.90. The fourth-order valence-corrected chi connectivity index (χ4v) is 3.27. The van der Waals surface area contributed by atoms with Gasteiger partial charge < -0.3 is 5.73 Å². The lowest BCUT2D eigenvalue weighted by atomic mass is 10.3. The molecule has 2 N–H and O–H groups in total. The van der Waals surface area contributed by atoms with Crippen LogP contribution in [-0.4, -0.2) is 9.78 Å². The molecule has 1 aromatic carbocycles. The molecule has 0 saturated carbocycles. The molecule has 3 nitrogen and oxygen atoms in total. The molecule has 108 valence electrons. The first-order valence-corrected chi connectivity index (χ1v) is 7.85. The minimum Gasteiger partial charge on any atom is -0.396 e. The molecule has 0 saturated heterocycles. The van der Waals surface area contributed by atoms with E-state index in [2.05, 4.69) is 5.10 Å². The van der Waals surface area contributed by atoms with Crippen LogP contribution < -0.4 is 5.73 Å². The molecule has 0 aliphatic heterocycles. The van der Waals surface area contributed by atoms with Crippen molar-refractivity contribution in [2.45, 2.75) is 37.5 Å². The average Bonchev–Trinajstić information content (AvgIpc) is 2.76. The zero-order valence-electron chi connectivity index (χ0n) is 11.5. The van der Waals surface area contributed by atoms with Crippen molar-refractivity contribution in [3.63, 3.8) is 0 Å². The van der Waals surface area contributed by atoms with Gasteiger partial charge in [0.15, 0.2) is 0 Å². The highest BCUT2D eigenvalue weighted by Gasteiger charge is 2.14. The quantitative estimate of drug-likeness (QED) is 0.666. The van der Waals surface area contributed by atoms with Gasteiger partial charge in [-0.3, -0.25) is 4.68 Å². The van der Waals surface area contributed by atoms with Crippen LogP contribution in [-0.2, 0) is 18.7 Å². The van der Waals surface area contributed by atoms with E-state index in [0.29, 0.717) is 5.75 Å². The van der Waals surface area contributed by atoms with Crippen molar-refractivity contribution in [3.8, 4) is 0 Å². The van der Waals surface area contributed by atoms with Crippen LogP contribution in [0.3, 0.4) is 0 Å². The first-order valence-electron chi connectivity index (χ1n) is 6.48. The smallest absolute Gasteiger partial charge is 0.147 e. The highest BCUT2D eigenvalue weighted by atomic mass is 35.5. The number of nitrogen functional groups attached to an aromatic ring is 1. The zero-order valence-corrected chi connectivity index (χ0v) is 13.1. The van der Waals surface area contributed by atoms with Gasteiger partial charge in [-0.15, -0.1) is 11.8 Å². The fraction of sp³-hybridized carbons (Fsp3) is 0.357. The second-order valence-corrected chi connectivity index (χ2v) is 5.78. The third-order valence-corrected chi connectivity index (χ3v) is 4.48. The van der Waals surface area contributed by atoms with E-state index in [4.69, 9.17) is 17.3 Å². The molecule has 20 heavy (non-hydrogen) atoms. The van der Waals surface area contributed by atoms with Crippen LogP contribution in [0.1, 0.15) is 25.2 Å². The van der Waals surface area contributed by atoms with Crippen LogP contribution in [0.25, 0.3) is 0 Å². The monoisotopic (exact) mass is 313 g/mol. The number of halogens is 2. The molecule has 0 bridgehead atoms. The summed E-state index contributed by atoms with van der Waals surface area (Å²) in [7, 11) is 0. The Morgan fingerprint density at radius 1 is 1.40 bits per heavy atom. The first kappa shape index (κ1) is 15.2. The Hall–Kier alpha value is -1.20. The highest BCUT2D eigenvalue weighted by molar-refractivity contribution is 7.98. The van der Waals surface area contributed by atoms with E-state index in [-0.39, 0.29) is 11.5 Å². The van der Waals surface area contributed by atoms with Crippen LogP contribution >= 0.6 is 23.4 Å². The largest absolute Gasteiger partial charge is 0.396 e. The molecule has 2 aromatic rings. The summed E-state index contributed by atoms with van der Waals surface area (Å²) in [5, 5.41) is 5.19. The van der Waals surface area contributed by atoms with Crippen LogP contribution in [0.4, 0.5) is 10.1 Å². The first-order chi connectivity index (χ1) is 9.56. The van der Waals surface area contributed by atoms with Crippen molar-refractivity contribution in [1.82, 2.24) is 9.78 Å². The summed E-state index contributed by atoms with van der Waals surface area (Å²) in [5.74, 6) is 0.266. The molecule has 0 spiro atoms. The molecular formula is C14H17ClFN3S. The summed E-state index contributed by atoms with van der Waals surface area (Å²) in [4.78, 5) is 0.828. The number of hydrogen-bond donors (Lipinski definition) is 1. The van der Waals surface area contributed by atoms with Gasteiger partial charge in [0.1, 0.15) is 5.82 Å². The molecule has 0 unspecified atom stereocenters. The maximum atomic E-state index is 13.4. The van der Waals surface area contributed by atoms with Crippen molar-refractivity contribution < 1.29 is 4.39 Å². The van der Waals surface area contributed by atoms with E-state index in [1.165, 1.54) is 17.8 Å². The molecule has 0 aliphatic rings. The topological polar surface area (TPSA) is 43.8 Å². The minimum atomic E-state index is -0.389. The molecule has 6 heteroatoms. The Balaban J connectivity index is 2.17. The lowest BCUT2D eigenvalue weighted by molar-refractivity contribution is 0.627. The number of anilines is 1. The number of hydrogen-bond acceptors (Lipinski definition) is 3. The molecule has 0 aliphatic carbocycles. The second kappa shape index (κ2) is 6.50. The maximum Gasteiger partial charge on any atom is 0.147 e. The van der Waals surface area contributed by atoms with Gasteiger partial charge in [-0.25, -0.2) is 4.39 Å². The van der Waals surface area contributed by atoms with E-state index in [1.807, 2.05) is 24.6 Å². The minimum absolute atomic E-state index is 0.166. The van der Waals surface area contributed by atoms with Gasteiger partial charge in [0.2, 0.25) is 0 Å². The van der Waals surface area contributed by atoms with Gasteiger partial charge in [0, 0.05) is 17.2 Å². The number of nitrogens with two attached hydrogens (primary N) is 1. The van der Waals surface area contributed by atoms with Gasteiger partial charge in [-0.05, 0) is 31.5 Å². The normalized spacial score (nSPS) is 11.0. The van der Waals surface area contributed by atoms with Crippen molar-refractivity contribution >= 4 is 29.1 Å². The predicted molar refractivity (Wildman–Crippen MR) is 82.7 cm³/mol. The Labute approximate surface area is 127 Å². The van der Waals surface area contributed by atoms with Gasteiger partial charge in [-0.2, -0.15) is 5.10 Å². The highest BCUT2D eigenvalue weighted by Crippen LogP contribution is 2.30.